The molecule has 0 spiro atoms. The number of nitrogens with zero attached hydrogens (tertiary/aromatic N) is 4. The molecule has 2 aromatic heterocycles. The maximum Gasteiger partial charge on any atom is 0.244 e. The van der Waals surface area contributed by atoms with Crippen LogP contribution in [0.1, 0.15) is 49.8 Å². The number of fused-ring (bicyclic) bond motifs is 1. The molecule has 3 aromatic rings. The molecule has 1 aliphatic carbocycles. The van der Waals surface area contributed by atoms with Gasteiger partial charge in [0.2, 0.25) is 10.0 Å². The van der Waals surface area contributed by atoms with E-state index in [9.17, 15) is 26.9 Å². The largest absolute Gasteiger partial charge is 0.334 e. The summed E-state index contributed by atoms with van der Waals surface area (Å²) in [6.45, 7) is -0.540. The van der Waals surface area contributed by atoms with Gasteiger partial charge in [-0.1, -0.05) is 19.8 Å². The minimum absolute atomic E-state index is 0.0679. The van der Waals surface area contributed by atoms with Crippen LogP contribution in [0.3, 0.4) is 0 Å². The number of hydrogen-bond donors (Lipinski definition) is 1. The molecule has 7 nitrogen and oxygen atoms in total. The number of nitrogens with one attached hydrogen (secondary N) is 1. The molecule has 1 N–H and O–H groups in total. The maximum atomic E-state index is 14.6. The van der Waals surface area contributed by atoms with Crippen LogP contribution in [0, 0.1) is 17.1 Å². The Labute approximate surface area is 195 Å². The number of benzene rings is 1. The van der Waals surface area contributed by atoms with Gasteiger partial charge in [-0.25, -0.2) is 36.3 Å². The minimum atomic E-state index is -4.24. The molecule has 180 valence electrons. The first-order valence-corrected chi connectivity index (χ1v) is 12.6. The van der Waals surface area contributed by atoms with Crippen LogP contribution in [0.25, 0.3) is 22.4 Å². The quantitative estimate of drug-likeness (QED) is 0.504. The molecule has 0 amide bonds. The average molecular weight is 492 g/mol. The van der Waals surface area contributed by atoms with Gasteiger partial charge in [0.1, 0.15) is 35.8 Å². The van der Waals surface area contributed by atoms with Crippen LogP contribution in [0.2, 0.25) is 0 Å². The Morgan fingerprint density at radius 3 is 2.41 bits per heavy atom. The second kappa shape index (κ2) is 9.72. The summed E-state index contributed by atoms with van der Waals surface area (Å²) in [6, 6.07) is 3.83. The molecule has 4 rings (SSSR count). The molecule has 0 saturated heterocycles. The maximum absolute atomic E-state index is 14.6. The summed E-state index contributed by atoms with van der Waals surface area (Å²) in [4.78, 5) is 8.03. The highest BCUT2D eigenvalue weighted by molar-refractivity contribution is 7.89. The summed E-state index contributed by atoms with van der Waals surface area (Å²) < 4.78 is 69.0. The number of aryl methyl sites for hydroxylation is 1. The van der Waals surface area contributed by atoms with E-state index in [4.69, 9.17) is 0 Å². The third-order valence-corrected chi connectivity index (χ3v) is 7.67. The molecule has 0 radical (unpaired) electrons. The SMILES string of the molecule is CCc1cc2c(cc1F)c(C#N)c(-c1ncc(S(=O)(=O)NC(CF)CF)cn1)n2C1CCCC1. The van der Waals surface area contributed by atoms with Gasteiger partial charge >= 0.3 is 0 Å². The van der Waals surface area contributed by atoms with Crippen molar-refractivity contribution in [3.8, 4) is 17.6 Å². The lowest BCUT2D eigenvalue weighted by atomic mass is 10.1. The number of hydrogen-bond acceptors (Lipinski definition) is 5. The number of alkyl halides is 2. The Kier molecular flexibility index (Phi) is 6.91. The van der Waals surface area contributed by atoms with Gasteiger partial charge in [-0.2, -0.15) is 5.26 Å². The fourth-order valence-electron chi connectivity index (χ4n) is 4.49. The molecular formula is C23H24F3N5O2S. The normalized spacial score (nSPS) is 14.8. The number of rotatable bonds is 8. The van der Waals surface area contributed by atoms with E-state index in [1.165, 1.54) is 6.07 Å². The van der Waals surface area contributed by atoms with Gasteiger partial charge in [0, 0.05) is 11.4 Å². The number of nitriles is 1. The van der Waals surface area contributed by atoms with E-state index < -0.39 is 35.2 Å². The van der Waals surface area contributed by atoms with Crippen LogP contribution in [-0.2, 0) is 16.4 Å². The van der Waals surface area contributed by atoms with Gasteiger partial charge in [0.25, 0.3) is 0 Å². The van der Waals surface area contributed by atoms with E-state index in [0.717, 1.165) is 38.1 Å². The molecule has 0 bridgehead atoms. The van der Waals surface area contributed by atoms with Gasteiger partial charge < -0.3 is 4.57 Å². The van der Waals surface area contributed by atoms with Crippen molar-refractivity contribution in [3.63, 3.8) is 0 Å². The molecule has 34 heavy (non-hydrogen) atoms. The van der Waals surface area contributed by atoms with Crippen molar-refractivity contribution in [3.05, 3.63) is 41.5 Å². The van der Waals surface area contributed by atoms with Crippen LogP contribution in [0.5, 0.6) is 0 Å². The van der Waals surface area contributed by atoms with Gasteiger partial charge in [0.05, 0.1) is 29.5 Å². The van der Waals surface area contributed by atoms with Crippen molar-refractivity contribution < 1.29 is 21.6 Å². The highest BCUT2D eigenvalue weighted by Gasteiger charge is 2.29. The van der Waals surface area contributed by atoms with Crippen LogP contribution in [-0.4, -0.2) is 42.3 Å². The van der Waals surface area contributed by atoms with Crippen LogP contribution >= 0.6 is 0 Å². The summed E-state index contributed by atoms with van der Waals surface area (Å²) >= 11 is 0. The Hall–Kier alpha value is -2.97. The van der Waals surface area contributed by atoms with E-state index in [-0.39, 0.29) is 22.3 Å². The Morgan fingerprint density at radius 2 is 1.85 bits per heavy atom. The predicted molar refractivity (Wildman–Crippen MR) is 121 cm³/mol. The van der Waals surface area contributed by atoms with Crippen LogP contribution in [0.4, 0.5) is 13.2 Å². The minimum Gasteiger partial charge on any atom is -0.334 e. The molecule has 1 aliphatic rings. The molecule has 2 heterocycles. The zero-order valence-corrected chi connectivity index (χ0v) is 19.4. The number of sulfonamides is 1. The molecule has 0 aliphatic heterocycles. The molecule has 0 atom stereocenters. The van der Waals surface area contributed by atoms with Crippen LogP contribution in [0.15, 0.2) is 29.4 Å². The Morgan fingerprint density at radius 1 is 1.21 bits per heavy atom. The smallest absolute Gasteiger partial charge is 0.244 e. The highest BCUT2D eigenvalue weighted by atomic mass is 32.2. The first-order valence-electron chi connectivity index (χ1n) is 11.1. The van der Waals surface area contributed by atoms with Gasteiger partial charge in [0.15, 0.2) is 5.82 Å². The zero-order valence-electron chi connectivity index (χ0n) is 18.6. The first kappa shape index (κ1) is 24.2. The number of aromatic nitrogens is 3. The fraction of sp³-hybridized carbons (Fsp3) is 0.435. The lowest BCUT2D eigenvalue weighted by Crippen LogP contribution is -2.38. The molecule has 0 unspecified atom stereocenters. The first-order chi connectivity index (χ1) is 16.3. The van der Waals surface area contributed by atoms with Crippen molar-refractivity contribution in [2.45, 2.75) is 56.0 Å². The van der Waals surface area contributed by atoms with Gasteiger partial charge in [-0.3, -0.25) is 0 Å². The van der Waals surface area contributed by atoms with Crippen molar-refractivity contribution in [2.75, 3.05) is 13.3 Å². The molecular weight excluding hydrogens is 467 g/mol. The van der Waals surface area contributed by atoms with E-state index in [0.29, 0.717) is 28.6 Å². The summed E-state index contributed by atoms with van der Waals surface area (Å²) in [7, 11) is -4.24. The van der Waals surface area contributed by atoms with Crippen molar-refractivity contribution in [2.24, 2.45) is 0 Å². The Bertz CT molecular complexity index is 1340. The Balaban J connectivity index is 1.87. The number of halogens is 3. The predicted octanol–water partition coefficient (Wildman–Crippen LogP) is 4.37. The standard InChI is InChI=1S/C23H24F3N5O2S/c1-2-14-7-21-18(8-20(14)26)19(11-27)22(31(21)16-5-3-4-6-16)23-28-12-17(13-29-23)34(32,33)30-15(9-24)10-25/h7-8,12-13,15-16,30H,2-6,9-10H2,1H3. The topological polar surface area (TPSA) is 101 Å². The molecule has 1 aromatic carbocycles. The lowest BCUT2D eigenvalue weighted by molar-refractivity contribution is 0.334. The second-order valence-electron chi connectivity index (χ2n) is 8.33. The van der Waals surface area contributed by atoms with Gasteiger partial charge in [-0.15, -0.1) is 0 Å². The average Bonchev–Trinajstić information content (AvgIpc) is 3.47. The summed E-state index contributed by atoms with van der Waals surface area (Å²) in [5.41, 5.74) is 1.86. The van der Waals surface area contributed by atoms with E-state index in [1.54, 1.807) is 6.07 Å². The second-order valence-corrected chi connectivity index (χ2v) is 10.0. The van der Waals surface area contributed by atoms with Crippen LogP contribution < -0.4 is 4.72 Å². The molecule has 1 fully saturated rings. The zero-order chi connectivity index (χ0) is 24.5. The monoisotopic (exact) mass is 491 g/mol. The van der Waals surface area contributed by atoms with E-state index >= 15 is 0 Å². The van der Waals surface area contributed by atoms with E-state index in [2.05, 4.69) is 16.0 Å². The molecule has 11 heteroatoms. The van der Waals surface area contributed by atoms with Crippen molar-refractivity contribution in [1.29, 1.82) is 5.26 Å². The summed E-state index contributed by atoms with van der Waals surface area (Å²) in [6.07, 6.45) is 6.35. The van der Waals surface area contributed by atoms with Crippen molar-refractivity contribution in [1.82, 2.24) is 19.3 Å². The molecule has 1 saturated carbocycles. The van der Waals surface area contributed by atoms with Crippen molar-refractivity contribution >= 4 is 20.9 Å². The highest BCUT2D eigenvalue weighted by Crippen LogP contribution is 2.41. The van der Waals surface area contributed by atoms with Gasteiger partial charge in [-0.05, 0) is 37.0 Å². The summed E-state index contributed by atoms with van der Waals surface area (Å²) in [5.74, 6) is -0.282. The van der Waals surface area contributed by atoms with E-state index in [1.807, 2.05) is 16.2 Å². The third kappa shape index (κ3) is 4.28. The summed E-state index contributed by atoms with van der Waals surface area (Å²) in [5, 5.41) is 10.4. The third-order valence-electron chi connectivity index (χ3n) is 6.20. The fourth-order valence-corrected chi connectivity index (χ4v) is 5.57. The lowest BCUT2D eigenvalue weighted by Gasteiger charge is -2.18.